The van der Waals surface area contributed by atoms with Gasteiger partial charge in [-0.1, -0.05) is 20.8 Å². The van der Waals surface area contributed by atoms with E-state index < -0.39 is 11.7 Å². The van der Waals surface area contributed by atoms with Gasteiger partial charge in [0, 0.05) is 61.0 Å². The molecule has 1 amide bonds. The third-order valence-corrected chi connectivity index (χ3v) is 7.09. The first-order chi connectivity index (χ1) is 19.6. The topological polar surface area (TPSA) is 120 Å². The van der Waals surface area contributed by atoms with Gasteiger partial charge in [-0.3, -0.25) is 19.6 Å². The monoisotopic (exact) mass is 556 g/mol. The molecule has 1 aliphatic rings. The summed E-state index contributed by atoms with van der Waals surface area (Å²) in [7, 11) is 2.12. The first-order valence-electron chi connectivity index (χ1n) is 13.5. The first-order valence-corrected chi connectivity index (χ1v) is 13.5. The number of likely N-dealkylation sites (N-methyl/N-ethyl adjacent to an activating group) is 1. The molecule has 0 aliphatic carbocycles. The molecular formula is C30H33FN8O2. The van der Waals surface area contributed by atoms with Crippen LogP contribution in [0.5, 0.6) is 0 Å². The number of H-pyrrole nitrogens is 1. The molecule has 5 rings (SSSR count). The number of hydrogen-bond acceptors (Lipinski definition) is 8. The lowest BCUT2D eigenvalue weighted by Crippen LogP contribution is -2.44. The van der Waals surface area contributed by atoms with Crippen molar-refractivity contribution in [2.24, 2.45) is 0 Å². The summed E-state index contributed by atoms with van der Waals surface area (Å²) in [4.78, 5) is 43.0. The summed E-state index contributed by atoms with van der Waals surface area (Å²) >= 11 is 0. The minimum absolute atomic E-state index is 0.0371. The molecule has 4 aromatic rings. The Morgan fingerprint density at radius 2 is 1.78 bits per heavy atom. The second kappa shape index (κ2) is 11.5. The van der Waals surface area contributed by atoms with Crippen LogP contribution in [0.2, 0.25) is 0 Å². The molecule has 4 heterocycles. The number of anilines is 2. The van der Waals surface area contributed by atoms with Crippen LogP contribution in [0.25, 0.3) is 11.3 Å². The normalized spacial score (nSPS) is 14.2. The third-order valence-electron chi connectivity index (χ3n) is 7.09. The predicted molar refractivity (Wildman–Crippen MR) is 156 cm³/mol. The molecule has 3 aromatic heterocycles. The van der Waals surface area contributed by atoms with Crippen molar-refractivity contribution in [2.45, 2.75) is 32.6 Å². The van der Waals surface area contributed by atoms with Gasteiger partial charge in [0.25, 0.3) is 11.5 Å². The number of piperazine rings is 1. The van der Waals surface area contributed by atoms with Gasteiger partial charge in [-0.2, -0.15) is 5.10 Å². The number of rotatable bonds is 6. The van der Waals surface area contributed by atoms with Gasteiger partial charge in [0.2, 0.25) is 0 Å². The van der Waals surface area contributed by atoms with E-state index in [0.717, 1.165) is 43.3 Å². The molecule has 0 radical (unpaired) electrons. The highest BCUT2D eigenvalue weighted by atomic mass is 19.1. The highest BCUT2D eigenvalue weighted by Gasteiger charge is 2.19. The van der Waals surface area contributed by atoms with Crippen LogP contribution >= 0.6 is 0 Å². The van der Waals surface area contributed by atoms with Crippen molar-refractivity contribution in [1.29, 1.82) is 0 Å². The van der Waals surface area contributed by atoms with Crippen molar-refractivity contribution in [3.63, 3.8) is 0 Å². The standard InChI is InChI=1S/C30H33FN8O2/c1-30(2,3)27-18-33-26(17-34-27)29(41)35-25-14-19(5-8-23(25)31)24-15-20(28(40)37-36-24)13-21-6-7-22(16-32-21)39-11-9-38(4)10-12-39/h5-8,14-18H,9-13H2,1-4H3,(H,35,41)(H,37,40). The summed E-state index contributed by atoms with van der Waals surface area (Å²) in [5, 5.41) is 9.24. The average molecular weight is 557 g/mol. The number of nitrogens with zero attached hydrogens (tertiary/aromatic N) is 6. The maximum absolute atomic E-state index is 14.7. The molecule has 0 bridgehead atoms. The minimum Gasteiger partial charge on any atom is -0.368 e. The van der Waals surface area contributed by atoms with E-state index in [1.54, 1.807) is 12.3 Å². The molecule has 1 aromatic carbocycles. The molecule has 0 spiro atoms. The van der Waals surface area contributed by atoms with Gasteiger partial charge in [-0.25, -0.2) is 14.5 Å². The van der Waals surface area contributed by atoms with E-state index in [4.69, 9.17) is 0 Å². The fourth-order valence-electron chi connectivity index (χ4n) is 4.49. The Bertz CT molecular complexity index is 1590. The minimum atomic E-state index is -0.615. The summed E-state index contributed by atoms with van der Waals surface area (Å²) in [5.41, 5.74) is 3.46. The molecule has 1 saturated heterocycles. The van der Waals surface area contributed by atoms with Crippen molar-refractivity contribution in [3.05, 3.63) is 93.8 Å². The largest absolute Gasteiger partial charge is 0.368 e. The van der Waals surface area contributed by atoms with E-state index in [0.29, 0.717) is 23.2 Å². The predicted octanol–water partition coefficient (Wildman–Crippen LogP) is 3.65. The zero-order valence-corrected chi connectivity index (χ0v) is 23.6. The van der Waals surface area contributed by atoms with Gasteiger partial charge in [0.05, 0.1) is 35.2 Å². The number of aromatic nitrogens is 5. The number of nitrogens with one attached hydrogen (secondary N) is 2. The number of aromatic amines is 1. The SMILES string of the molecule is CN1CCN(c2ccc(Cc3cc(-c4ccc(F)c(NC(=O)c5cnc(C(C)(C)C)cn5)c4)n[nH]c3=O)nc2)CC1. The van der Waals surface area contributed by atoms with E-state index in [-0.39, 0.29) is 22.4 Å². The van der Waals surface area contributed by atoms with Crippen molar-refractivity contribution < 1.29 is 9.18 Å². The molecule has 1 fully saturated rings. The zero-order chi connectivity index (χ0) is 29.1. The van der Waals surface area contributed by atoms with E-state index in [1.807, 2.05) is 39.1 Å². The van der Waals surface area contributed by atoms with Crippen LogP contribution < -0.4 is 15.8 Å². The Morgan fingerprint density at radius 3 is 2.44 bits per heavy atom. The smallest absolute Gasteiger partial charge is 0.275 e. The maximum Gasteiger partial charge on any atom is 0.275 e. The molecule has 10 nitrogen and oxygen atoms in total. The van der Waals surface area contributed by atoms with E-state index in [2.05, 4.69) is 47.3 Å². The molecule has 212 valence electrons. The van der Waals surface area contributed by atoms with Crippen molar-refractivity contribution in [1.82, 2.24) is 30.0 Å². The van der Waals surface area contributed by atoms with Crippen LogP contribution in [0.15, 0.2) is 59.8 Å². The third kappa shape index (κ3) is 6.63. The van der Waals surface area contributed by atoms with Gasteiger partial charge in [-0.15, -0.1) is 0 Å². The van der Waals surface area contributed by atoms with E-state index in [1.165, 1.54) is 24.4 Å². The van der Waals surface area contributed by atoms with Crippen LogP contribution in [0.4, 0.5) is 15.8 Å². The van der Waals surface area contributed by atoms with Gasteiger partial charge in [0.1, 0.15) is 11.5 Å². The Labute approximate surface area is 237 Å². The zero-order valence-electron chi connectivity index (χ0n) is 23.6. The molecular weight excluding hydrogens is 523 g/mol. The average Bonchev–Trinajstić information content (AvgIpc) is 2.96. The molecule has 41 heavy (non-hydrogen) atoms. The van der Waals surface area contributed by atoms with Gasteiger partial charge < -0.3 is 15.1 Å². The second-order valence-corrected chi connectivity index (χ2v) is 11.3. The van der Waals surface area contributed by atoms with Crippen LogP contribution in [-0.2, 0) is 11.8 Å². The summed E-state index contributed by atoms with van der Waals surface area (Å²) in [6.45, 7) is 9.89. The summed E-state index contributed by atoms with van der Waals surface area (Å²) in [5.74, 6) is -1.20. The van der Waals surface area contributed by atoms with Crippen molar-refractivity contribution >= 4 is 17.3 Å². The van der Waals surface area contributed by atoms with E-state index in [9.17, 15) is 14.0 Å². The number of halogens is 1. The number of hydrogen-bond donors (Lipinski definition) is 2. The molecule has 0 unspecified atom stereocenters. The van der Waals surface area contributed by atoms with Gasteiger partial charge in [0.15, 0.2) is 0 Å². The summed E-state index contributed by atoms with van der Waals surface area (Å²) in [6, 6.07) is 9.86. The lowest BCUT2D eigenvalue weighted by atomic mass is 9.93. The molecule has 0 atom stereocenters. The Morgan fingerprint density at radius 1 is 1.00 bits per heavy atom. The number of amides is 1. The highest BCUT2D eigenvalue weighted by Crippen LogP contribution is 2.25. The van der Waals surface area contributed by atoms with Crippen molar-refractivity contribution in [3.8, 4) is 11.3 Å². The first kappa shape index (κ1) is 28.0. The lowest BCUT2D eigenvalue weighted by Gasteiger charge is -2.33. The van der Waals surface area contributed by atoms with Crippen LogP contribution in [0, 0.1) is 5.82 Å². The Kier molecular flexibility index (Phi) is 7.89. The number of carbonyl (C=O) groups is 1. The second-order valence-electron chi connectivity index (χ2n) is 11.3. The van der Waals surface area contributed by atoms with Crippen molar-refractivity contribution in [2.75, 3.05) is 43.4 Å². The summed E-state index contributed by atoms with van der Waals surface area (Å²) in [6.07, 6.45) is 5.07. The highest BCUT2D eigenvalue weighted by molar-refractivity contribution is 6.03. The lowest BCUT2D eigenvalue weighted by molar-refractivity contribution is 0.102. The fourth-order valence-corrected chi connectivity index (χ4v) is 4.49. The van der Waals surface area contributed by atoms with E-state index >= 15 is 0 Å². The van der Waals surface area contributed by atoms with Gasteiger partial charge in [-0.05, 0) is 43.4 Å². The van der Waals surface area contributed by atoms with Crippen LogP contribution in [0.3, 0.4) is 0 Å². The number of benzene rings is 1. The quantitative estimate of drug-likeness (QED) is 0.369. The Balaban J connectivity index is 1.31. The fraction of sp³-hybridized carbons (Fsp3) is 0.333. The molecule has 11 heteroatoms. The maximum atomic E-state index is 14.7. The summed E-state index contributed by atoms with van der Waals surface area (Å²) < 4.78 is 14.7. The van der Waals surface area contributed by atoms with Crippen LogP contribution in [-0.4, -0.2) is 69.2 Å². The Hall–Kier alpha value is -4.51. The van der Waals surface area contributed by atoms with Crippen LogP contribution in [0.1, 0.15) is 48.2 Å². The molecule has 1 aliphatic heterocycles. The molecule has 2 N–H and O–H groups in total. The van der Waals surface area contributed by atoms with Gasteiger partial charge >= 0.3 is 0 Å². The number of carbonyl (C=O) groups excluding carboxylic acids is 1. The molecule has 0 saturated carbocycles. The number of pyridine rings is 1.